The van der Waals surface area contributed by atoms with Gasteiger partial charge in [0.05, 0.1) is 24.0 Å². The Bertz CT molecular complexity index is 1250. The molecule has 8 heteroatoms. The molecule has 174 valence electrons. The number of amides is 2. The first-order valence-corrected chi connectivity index (χ1v) is 11.9. The molecule has 34 heavy (non-hydrogen) atoms. The first-order chi connectivity index (χ1) is 16.4. The Morgan fingerprint density at radius 2 is 1.91 bits per heavy atom. The SMILES string of the molecule is Cc1cccc(CN2C(=O)C(NC(=O)C(N)CS)N=C(c3ccccc3)c3cc(Cl)ccc32)c1. The van der Waals surface area contributed by atoms with E-state index in [1.54, 1.807) is 17.0 Å². The van der Waals surface area contributed by atoms with Gasteiger partial charge in [-0.1, -0.05) is 71.8 Å². The summed E-state index contributed by atoms with van der Waals surface area (Å²) in [6, 6.07) is 21.9. The topological polar surface area (TPSA) is 87.8 Å². The molecule has 0 fully saturated rings. The van der Waals surface area contributed by atoms with Crippen LogP contribution in [0.2, 0.25) is 5.02 Å². The van der Waals surface area contributed by atoms with Crippen LogP contribution in [0.25, 0.3) is 0 Å². The predicted molar refractivity (Wildman–Crippen MR) is 140 cm³/mol. The smallest absolute Gasteiger partial charge is 0.272 e. The number of aliphatic imine (C=N–C) groups is 1. The summed E-state index contributed by atoms with van der Waals surface area (Å²) in [6.45, 7) is 2.30. The number of hydrogen-bond donors (Lipinski definition) is 3. The van der Waals surface area contributed by atoms with Crippen molar-refractivity contribution in [1.82, 2.24) is 5.32 Å². The summed E-state index contributed by atoms with van der Waals surface area (Å²) in [7, 11) is 0. The van der Waals surface area contributed by atoms with Crippen molar-refractivity contribution in [1.29, 1.82) is 0 Å². The molecule has 0 bridgehead atoms. The van der Waals surface area contributed by atoms with E-state index in [1.807, 2.05) is 67.6 Å². The molecule has 0 saturated heterocycles. The van der Waals surface area contributed by atoms with Gasteiger partial charge in [-0.25, -0.2) is 4.99 Å². The van der Waals surface area contributed by atoms with Crippen LogP contribution in [0.3, 0.4) is 0 Å². The predicted octanol–water partition coefficient (Wildman–Crippen LogP) is 3.73. The van der Waals surface area contributed by atoms with Crippen LogP contribution in [0, 0.1) is 6.92 Å². The van der Waals surface area contributed by atoms with Crippen molar-refractivity contribution < 1.29 is 9.59 Å². The van der Waals surface area contributed by atoms with E-state index in [1.165, 1.54) is 0 Å². The van der Waals surface area contributed by atoms with Crippen LogP contribution in [0.5, 0.6) is 0 Å². The van der Waals surface area contributed by atoms with Crippen LogP contribution in [0.15, 0.2) is 77.8 Å². The zero-order valence-electron chi connectivity index (χ0n) is 18.6. The number of rotatable bonds is 6. The molecule has 4 rings (SSSR count). The van der Waals surface area contributed by atoms with Gasteiger partial charge >= 0.3 is 0 Å². The highest BCUT2D eigenvalue weighted by atomic mass is 35.5. The molecule has 0 aliphatic carbocycles. The van der Waals surface area contributed by atoms with Crippen LogP contribution in [-0.2, 0) is 16.1 Å². The second-order valence-electron chi connectivity index (χ2n) is 8.12. The molecule has 0 spiro atoms. The number of carbonyl (C=O) groups is 2. The number of halogens is 1. The maximum Gasteiger partial charge on any atom is 0.272 e. The third-order valence-corrected chi connectivity index (χ3v) is 6.17. The van der Waals surface area contributed by atoms with Crippen LogP contribution < -0.4 is 16.0 Å². The third kappa shape index (κ3) is 5.17. The minimum atomic E-state index is -1.16. The maximum atomic E-state index is 13.8. The van der Waals surface area contributed by atoms with Crippen molar-refractivity contribution in [2.75, 3.05) is 10.7 Å². The minimum Gasteiger partial charge on any atom is -0.325 e. The fourth-order valence-corrected chi connectivity index (χ4v) is 4.19. The summed E-state index contributed by atoms with van der Waals surface area (Å²) >= 11 is 10.5. The lowest BCUT2D eigenvalue weighted by Crippen LogP contribution is -2.52. The average Bonchev–Trinajstić information content (AvgIpc) is 2.94. The molecular formula is C26H25ClN4O2S. The van der Waals surface area contributed by atoms with Crippen LogP contribution in [-0.4, -0.2) is 35.5 Å². The fraction of sp³-hybridized carbons (Fsp3) is 0.192. The summed E-state index contributed by atoms with van der Waals surface area (Å²) in [4.78, 5) is 32.8. The number of aryl methyl sites for hydroxylation is 1. The van der Waals surface area contributed by atoms with E-state index in [-0.39, 0.29) is 11.7 Å². The molecule has 2 unspecified atom stereocenters. The van der Waals surface area contributed by atoms with Gasteiger partial charge in [0.2, 0.25) is 12.1 Å². The molecular weight excluding hydrogens is 468 g/mol. The molecule has 1 aliphatic rings. The molecule has 3 aromatic rings. The van der Waals surface area contributed by atoms with E-state index in [0.717, 1.165) is 16.7 Å². The summed E-state index contributed by atoms with van der Waals surface area (Å²) in [5, 5.41) is 3.23. The van der Waals surface area contributed by atoms with Crippen molar-refractivity contribution in [3.05, 3.63) is 100 Å². The Balaban J connectivity index is 1.87. The van der Waals surface area contributed by atoms with Gasteiger partial charge in [0.25, 0.3) is 5.91 Å². The van der Waals surface area contributed by atoms with Crippen molar-refractivity contribution in [2.45, 2.75) is 25.7 Å². The maximum absolute atomic E-state index is 13.8. The summed E-state index contributed by atoms with van der Waals surface area (Å²) < 4.78 is 0. The van der Waals surface area contributed by atoms with Crippen molar-refractivity contribution in [3.8, 4) is 0 Å². The number of hydrogen-bond acceptors (Lipinski definition) is 5. The van der Waals surface area contributed by atoms with Crippen molar-refractivity contribution >= 4 is 47.4 Å². The zero-order chi connectivity index (χ0) is 24.2. The van der Waals surface area contributed by atoms with Gasteiger partial charge in [0.15, 0.2) is 0 Å². The second-order valence-corrected chi connectivity index (χ2v) is 8.92. The number of benzodiazepines with no additional fused rings is 1. The van der Waals surface area contributed by atoms with Gasteiger partial charge in [-0.3, -0.25) is 9.59 Å². The lowest BCUT2D eigenvalue weighted by atomic mass is 10.00. The summed E-state index contributed by atoms with van der Waals surface area (Å²) in [6.07, 6.45) is -1.16. The standard InChI is InChI=1S/C26H25ClN4O2S/c1-16-6-5-7-17(12-16)14-31-22-11-10-19(27)13-20(22)23(18-8-3-2-4-9-18)29-24(26(31)33)30-25(32)21(28)15-34/h2-13,21,24,34H,14-15,28H2,1H3,(H,30,32). The quantitative estimate of drug-likeness (QED) is 0.458. The number of thiol groups is 1. The monoisotopic (exact) mass is 492 g/mol. The second kappa shape index (κ2) is 10.4. The molecule has 2 amide bonds. The molecule has 0 saturated carbocycles. The van der Waals surface area contributed by atoms with E-state index < -0.39 is 18.1 Å². The molecule has 1 heterocycles. The number of nitrogens with zero attached hydrogens (tertiary/aromatic N) is 2. The number of nitrogens with two attached hydrogens (primary N) is 1. The van der Waals surface area contributed by atoms with E-state index >= 15 is 0 Å². The molecule has 3 N–H and O–H groups in total. The normalized spacial score (nSPS) is 16.4. The van der Waals surface area contributed by atoms with E-state index in [0.29, 0.717) is 28.5 Å². The van der Waals surface area contributed by atoms with Crippen molar-refractivity contribution in [2.24, 2.45) is 10.7 Å². The van der Waals surface area contributed by atoms with Gasteiger partial charge in [-0.2, -0.15) is 12.6 Å². The van der Waals surface area contributed by atoms with Gasteiger partial charge < -0.3 is 16.0 Å². The molecule has 3 aromatic carbocycles. The Morgan fingerprint density at radius 1 is 1.15 bits per heavy atom. The minimum absolute atomic E-state index is 0.144. The molecule has 2 atom stereocenters. The lowest BCUT2D eigenvalue weighted by molar-refractivity contribution is -0.127. The van der Waals surface area contributed by atoms with Gasteiger partial charge in [0.1, 0.15) is 0 Å². The number of anilines is 1. The molecule has 6 nitrogen and oxygen atoms in total. The van der Waals surface area contributed by atoms with Gasteiger partial charge in [0, 0.05) is 21.9 Å². The highest BCUT2D eigenvalue weighted by molar-refractivity contribution is 7.80. The Morgan fingerprint density at radius 3 is 2.62 bits per heavy atom. The highest BCUT2D eigenvalue weighted by Gasteiger charge is 2.34. The van der Waals surface area contributed by atoms with E-state index in [2.05, 4.69) is 17.9 Å². The van der Waals surface area contributed by atoms with Crippen molar-refractivity contribution in [3.63, 3.8) is 0 Å². The molecule has 1 aliphatic heterocycles. The number of nitrogens with one attached hydrogen (secondary N) is 1. The Labute approximate surface area is 209 Å². The number of benzene rings is 3. The van der Waals surface area contributed by atoms with Gasteiger partial charge in [-0.05, 0) is 30.7 Å². The summed E-state index contributed by atoms with van der Waals surface area (Å²) in [5.74, 6) is -0.718. The van der Waals surface area contributed by atoms with Crippen LogP contribution in [0.4, 0.5) is 5.69 Å². The molecule has 0 radical (unpaired) electrons. The Hall–Kier alpha value is -3.13. The first-order valence-electron chi connectivity index (χ1n) is 10.8. The third-order valence-electron chi connectivity index (χ3n) is 5.55. The van der Waals surface area contributed by atoms with Gasteiger partial charge in [-0.15, -0.1) is 0 Å². The van der Waals surface area contributed by atoms with E-state index in [9.17, 15) is 9.59 Å². The first kappa shape index (κ1) is 24.0. The number of carbonyl (C=O) groups excluding carboxylic acids is 2. The molecule has 0 aromatic heterocycles. The largest absolute Gasteiger partial charge is 0.325 e. The fourth-order valence-electron chi connectivity index (χ4n) is 3.85. The Kier molecular flexibility index (Phi) is 7.36. The zero-order valence-corrected chi connectivity index (χ0v) is 20.3. The van der Waals surface area contributed by atoms with E-state index in [4.69, 9.17) is 22.3 Å². The van der Waals surface area contributed by atoms with Crippen LogP contribution in [0.1, 0.15) is 22.3 Å². The van der Waals surface area contributed by atoms with Crippen LogP contribution >= 0.6 is 24.2 Å². The number of fused-ring (bicyclic) bond motifs is 1. The highest BCUT2D eigenvalue weighted by Crippen LogP contribution is 2.32. The average molecular weight is 493 g/mol. The lowest BCUT2D eigenvalue weighted by Gasteiger charge is -2.26. The summed E-state index contributed by atoms with van der Waals surface area (Å²) in [5.41, 5.74) is 10.6.